The summed E-state index contributed by atoms with van der Waals surface area (Å²) in [5.74, 6) is 0. The van der Waals surface area contributed by atoms with Crippen LogP contribution in [0.25, 0.3) is 0 Å². The number of aromatic nitrogens is 2. The second-order valence-corrected chi connectivity index (χ2v) is 5.18. The second-order valence-electron chi connectivity index (χ2n) is 3.58. The van der Waals surface area contributed by atoms with Crippen LogP contribution in [0.1, 0.15) is 24.2 Å². The molecule has 5 heteroatoms. The molecule has 0 amide bonds. The zero-order valence-corrected chi connectivity index (χ0v) is 11.7. The van der Waals surface area contributed by atoms with Crippen molar-refractivity contribution in [1.82, 2.24) is 15.1 Å². The van der Waals surface area contributed by atoms with E-state index in [2.05, 4.69) is 50.1 Å². The normalized spacial score (nSPS) is 12.9. The number of thiophene rings is 1. The van der Waals surface area contributed by atoms with E-state index in [0.717, 1.165) is 16.7 Å². The van der Waals surface area contributed by atoms with Gasteiger partial charge in [0.15, 0.2) is 0 Å². The number of aryl methyl sites for hydroxylation is 1. The molecule has 0 radical (unpaired) electrons. The van der Waals surface area contributed by atoms with Crippen molar-refractivity contribution in [3.8, 4) is 0 Å². The zero-order valence-electron chi connectivity index (χ0n) is 9.27. The zero-order chi connectivity index (χ0) is 11.5. The molecule has 0 fully saturated rings. The number of halogens is 1. The highest BCUT2D eigenvalue weighted by Crippen LogP contribution is 2.30. The summed E-state index contributed by atoms with van der Waals surface area (Å²) in [6, 6.07) is 2.23. The summed E-state index contributed by atoms with van der Waals surface area (Å²) in [6.07, 6.45) is 1.97. The lowest BCUT2D eigenvalue weighted by Gasteiger charge is -2.15. The van der Waals surface area contributed by atoms with Crippen LogP contribution in [0.3, 0.4) is 0 Å². The molecule has 0 aliphatic carbocycles. The fourth-order valence-corrected chi connectivity index (χ4v) is 3.21. The fraction of sp³-hybridized carbons (Fsp3) is 0.364. The van der Waals surface area contributed by atoms with Crippen molar-refractivity contribution >= 4 is 27.3 Å². The van der Waals surface area contributed by atoms with Gasteiger partial charge in [0.05, 0.1) is 11.7 Å². The molecule has 16 heavy (non-hydrogen) atoms. The maximum Gasteiger partial charge on any atom is 0.0840 e. The molecule has 0 saturated carbocycles. The Balaban J connectivity index is 2.34. The lowest BCUT2D eigenvalue weighted by atomic mass is 10.1. The van der Waals surface area contributed by atoms with E-state index in [1.165, 1.54) is 5.56 Å². The number of hydrogen-bond acceptors (Lipinski definition) is 3. The predicted molar refractivity (Wildman–Crippen MR) is 70.7 cm³/mol. The third-order valence-corrected chi connectivity index (χ3v) is 4.14. The Morgan fingerprint density at radius 3 is 2.88 bits per heavy atom. The van der Waals surface area contributed by atoms with E-state index in [1.54, 1.807) is 11.3 Å². The van der Waals surface area contributed by atoms with E-state index < -0.39 is 0 Å². The summed E-state index contributed by atoms with van der Waals surface area (Å²) in [7, 11) is 1.94. The van der Waals surface area contributed by atoms with Gasteiger partial charge >= 0.3 is 0 Å². The highest BCUT2D eigenvalue weighted by molar-refractivity contribution is 9.10. The predicted octanol–water partition coefficient (Wildman–Crippen LogP) is 2.94. The third kappa shape index (κ3) is 2.36. The Bertz CT molecular complexity index is 463. The van der Waals surface area contributed by atoms with Crippen LogP contribution < -0.4 is 5.32 Å². The van der Waals surface area contributed by atoms with Crippen molar-refractivity contribution in [2.24, 2.45) is 7.05 Å². The summed E-state index contributed by atoms with van der Waals surface area (Å²) in [5.41, 5.74) is 2.31. The molecule has 86 valence electrons. The Morgan fingerprint density at radius 2 is 2.38 bits per heavy atom. The Morgan fingerprint density at radius 1 is 1.56 bits per heavy atom. The van der Waals surface area contributed by atoms with Gasteiger partial charge in [-0.05, 0) is 33.9 Å². The second kappa shape index (κ2) is 5.12. The molecule has 1 N–H and O–H groups in total. The number of rotatable bonds is 4. The van der Waals surface area contributed by atoms with E-state index in [1.807, 2.05) is 17.9 Å². The van der Waals surface area contributed by atoms with E-state index >= 15 is 0 Å². The lowest BCUT2D eigenvalue weighted by Crippen LogP contribution is -2.22. The van der Waals surface area contributed by atoms with Crippen LogP contribution in [0.15, 0.2) is 27.5 Å². The average Bonchev–Trinajstić information content (AvgIpc) is 2.84. The molecule has 0 aliphatic heterocycles. The Hall–Kier alpha value is -0.650. The van der Waals surface area contributed by atoms with Crippen LogP contribution >= 0.6 is 27.3 Å². The molecule has 0 bridgehead atoms. The Labute approximate surface area is 108 Å². The van der Waals surface area contributed by atoms with Gasteiger partial charge in [0.1, 0.15) is 0 Å². The molecular formula is C11H14BrN3S. The first-order valence-corrected chi connectivity index (χ1v) is 6.90. The molecule has 0 aliphatic rings. The molecule has 2 rings (SSSR count). The number of nitrogens with one attached hydrogen (secondary N) is 1. The first kappa shape index (κ1) is 11.8. The minimum absolute atomic E-state index is 0.173. The van der Waals surface area contributed by atoms with Gasteiger partial charge in [-0.15, -0.1) is 0 Å². The van der Waals surface area contributed by atoms with E-state index in [4.69, 9.17) is 0 Å². The summed E-state index contributed by atoms with van der Waals surface area (Å²) < 4.78 is 2.98. The van der Waals surface area contributed by atoms with E-state index in [-0.39, 0.29) is 6.04 Å². The number of nitrogens with zero attached hydrogens (tertiary/aromatic N) is 2. The maximum atomic E-state index is 4.46. The van der Waals surface area contributed by atoms with Gasteiger partial charge in [0.2, 0.25) is 0 Å². The topological polar surface area (TPSA) is 29.9 Å². The molecule has 0 saturated heterocycles. The van der Waals surface area contributed by atoms with E-state index in [9.17, 15) is 0 Å². The average molecular weight is 300 g/mol. The van der Waals surface area contributed by atoms with Gasteiger partial charge in [-0.2, -0.15) is 16.4 Å². The fourth-order valence-electron chi connectivity index (χ4n) is 1.66. The van der Waals surface area contributed by atoms with Crippen LogP contribution in [0.4, 0.5) is 0 Å². The van der Waals surface area contributed by atoms with Crippen LogP contribution in [-0.4, -0.2) is 16.3 Å². The highest BCUT2D eigenvalue weighted by atomic mass is 79.9. The highest BCUT2D eigenvalue weighted by Gasteiger charge is 2.18. The largest absolute Gasteiger partial charge is 0.305 e. The first-order valence-electron chi connectivity index (χ1n) is 5.17. The summed E-state index contributed by atoms with van der Waals surface area (Å²) in [5, 5.41) is 12.2. The molecule has 1 unspecified atom stereocenters. The van der Waals surface area contributed by atoms with Crippen LogP contribution in [-0.2, 0) is 7.05 Å². The minimum Gasteiger partial charge on any atom is -0.305 e. The summed E-state index contributed by atoms with van der Waals surface area (Å²) in [6.45, 7) is 3.03. The molecule has 3 nitrogen and oxygen atoms in total. The summed E-state index contributed by atoms with van der Waals surface area (Å²) >= 11 is 5.28. The quantitative estimate of drug-likeness (QED) is 0.941. The van der Waals surface area contributed by atoms with Crippen molar-refractivity contribution in [2.45, 2.75) is 13.0 Å². The van der Waals surface area contributed by atoms with E-state index in [0.29, 0.717) is 0 Å². The standard InChI is InChI=1S/C11H14BrN3S/c1-3-13-11(8-6-16-7-9(8)12)10-4-5-15(2)14-10/h4-7,11,13H,3H2,1-2H3. The van der Waals surface area contributed by atoms with Crippen molar-refractivity contribution in [3.63, 3.8) is 0 Å². The van der Waals surface area contributed by atoms with Crippen molar-refractivity contribution in [1.29, 1.82) is 0 Å². The van der Waals surface area contributed by atoms with Crippen LogP contribution in [0.5, 0.6) is 0 Å². The summed E-state index contributed by atoms with van der Waals surface area (Å²) in [4.78, 5) is 0. The minimum atomic E-state index is 0.173. The smallest absolute Gasteiger partial charge is 0.0840 e. The van der Waals surface area contributed by atoms with Gasteiger partial charge < -0.3 is 5.32 Å². The molecule has 2 aromatic rings. The van der Waals surface area contributed by atoms with Crippen molar-refractivity contribution in [2.75, 3.05) is 6.54 Å². The first-order chi connectivity index (χ1) is 7.72. The van der Waals surface area contributed by atoms with Crippen molar-refractivity contribution < 1.29 is 0 Å². The molecule has 0 spiro atoms. The maximum absolute atomic E-state index is 4.46. The van der Waals surface area contributed by atoms with Gasteiger partial charge in [-0.1, -0.05) is 6.92 Å². The SMILES string of the molecule is CCNC(c1ccn(C)n1)c1cscc1Br. The van der Waals surface area contributed by atoms with Crippen molar-refractivity contribution in [3.05, 3.63) is 38.8 Å². The van der Waals surface area contributed by atoms with Gasteiger partial charge in [-0.25, -0.2) is 0 Å². The van der Waals surface area contributed by atoms with Gasteiger partial charge in [0.25, 0.3) is 0 Å². The monoisotopic (exact) mass is 299 g/mol. The molecule has 2 heterocycles. The van der Waals surface area contributed by atoms with Crippen LogP contribution in [0.2, 0.25) is 0 Å². The van der Waals surface area contributed by atoms with Gasteiger partial charge in [0, 0.05) is 28.7 Å². The molecule has 2 aromatic heterocycles. The Kier molecular flexibility index (Phi) is 3.78. The lowest BCUT2D eigenvalue weighted by molar-refractivity contribution is 0.599. The molecule has 0 aromatic carbocycles. The van der Waals surface area contributed by atoms with Gasteiger partial charge in [-0.3, -0.25) is 4.68 Å². The number of hydrogen-bond donors (Lipinski definition) is 1. The van der Waals surface area contributed by atoms with Crippen LogP contribution in [0, 0.1) is 0 Å². The molecular weight excluding hydrogens is 286 g/mol. The molecule has 1 atom stereocenters. The third-order valence-electron chi connectivity index (χ3n) is 2.39.